The van der Waals surface area contributed by atoms with Crippen LogP contribution in [-0.4, -0.2) is 50.0 Å². The molecule has 2 N–H and O–H groups in total. The maximum atomic E-state index is 12.3. The Morgan fingerprint density at radius 1 is 1.32 bits per heavy atom. The van der Waals surface area contributed by atoms with E-state index >= 15 is 0 Å². The zero-order chi connectivity index (χ0) is 16.5. The van der Waals surface area contributed by atoms with Gasteiger partial charge in [-0.3, -0.25) is 14.5 Å². The molecule has 0 radical (unpaired) electrons. The number of nitrogens with one attached hydrogen (secondary N) is 2. The van der Waals surface area contributed by atoms with Gasteiger partial charge in [-0.25, -0.2) is 0 Å². The summed E-state index contributed by atoms with van der Waals surface area (Å²) in [5.74, 6) is 0.336. The van der Waals surface area contributed by atoms with Gasteiger partial charge in [-0.05, 0) is 32.5 Å². The number of hydrogen-bond acceptors (Lipinski definition) is 4. The summed E-state index contributed by atoms with van der Waals surface area (Å²) in [6.45, 7) is 4.58. The molecule has 0 aromatic heterocycles. The minimum Gasteiger partial charge on any atom is -0.495 e. The van der Waals surface area contributed by atoms with Gasteiger partial charge in [-0.2, -0.15) is 0 Å². The molecule has 0 unspecified atom stereocenters. The Balaban J connectivity index is 2.58. The molecular formula is C16H25N3O3. The third-order valence-corrected chi connectivity index (χ3v) is 3.37. The predicted molar refractivity (Wildman–Crippen MR) is 87.0 cm³/mol. The van der Waals surface area contributed by atoms with Crippen LogP contribution in [0.1, 0.15) is 20.3 Å². The number of methoxy groups -OCH3 is 1. The van der Waals surface area contributed by atoms with Crippen molar-refractivity contribution in [1.82, 2.24) is 10.2 Å². The van der Waals surface area contributed by atoms with E-state index in [1.165, 1.54) is 0 Å². The number of amides is 2. The van der Waals surface area contributed by atoms with Gasteiger partial charge in [0, 0.05) is 6.54 Å². The molecule has 0 aliphatic heterocycles. The highest BCUT2D eigenvalue weighted by atomic mass is 16.5. The Labute approximate surface area is 131 Å². The number of hydrogen-bond donors (Lipinski definition) is 2. The second-order valence-corrected chi connectivity index (χ2v) is 5.13. The van der Waals surface area contributed by atoms with Crippen molar-refractivity contribution >= 4 is 17.5 Å². The molecule has 6 heteroatoms. The molecule has 0 fully saturated rings. The molecule has 6 nitrogen and oxygen atoms in total. The molecular weight excluding hydrogens is 282 g/mol. The van der Waals surface area contributed by atoms with E-state index < -0.39 is 6.04 Å². The minimum absolute atomic E-state index is 0.0821. The fourth-order valence-electron chi connectivity index (χ4n) is 1.87. The number of benzene rings is 1. The monoisotopic (exact) mass is 307 g/mol. The van der Waals surface area contributed by atoms with Gasteiger partial charge < -0.3 is 15.4 Å². The van der Waals surface area contributed by atoms with E-state index in [1.807, 2.05) is 19.1 Å². The van der Waals surface area contributed by atoms with Crippen LogP contribution in [-0.2, 0) is 9.59 Å². The quantitative estimate of drug-likeness (QED) is 0.763. The maximum Gasteiger partial charge on any atom is 0.241 e. The molecule has 0 bridgehead atoms. The molecule has 1 atom stereocenters. The third kappa shape index (κ3) is 5.37. The van der Waals surface area contributed by atoms with Crippen LogP contribution in [0.25, 0.3) is 0 Å². The fourth-order valence-corrected chi connectivity index (χ4v) is 1.87. The Kier molecular flexibility index (Phi) is 7.39. The summed E-state index contributed by atoms with van der Waals surface area (Å²) in [7, 11) is 3.30. The predicted octanol–water partition coefficient (Wildman–Crippen LogP) is 1.48. The van der Waals surface area contributed by atoms with Crippen LogP contribution in [0.15, 0.2) is 24.3 Å². The lowest BCUT2D eigenvalue weighted by Crippen LogP contribution is -2.44. The van der Waals surface area contributed by atoms with E-state index in [2.05, 4.69) is 10.6 Å². The molecule has 22 heavy (non-hydrogen) atoms. The molecule has 1 aromatic carbocycles. The van der Waals surface area contributed by atoms with E-state index in [-0.39, 0.29) is 18.4 Å². The summed E-state index contributed by atoms with van der Waals surface area (Å²) >= 11 is 0. The average Bonchev–Trinajstić information content (AvgIpc) is 2.52. The minimum atomic E-state index is -0.433. The summed E-state index contributed by atoms with van der Waals surface area (Å²) in [5.41, 5.74) is 0.616. The average molecular weight is 307 g/mol. The summed E-state index contributed by atoms with van der Waals surface area (Å²) < 4.78 is 5.20. The summed E-state index contributed by atoms with van der Waals surface area (Å²) in [5, 5.41) is 5.61. The van der Waals surface area contributed by atoms with Crippen molar-refractivity contribution in [3.63, 3.8) is 0 Å². The number of ether oxygens (including phenoxy) is 1. The van der Waals surface area contributed by atoms with E-state index in [0.29, 0.717) is 18.0 Å². The van der Waals surface area contributed by atoms with Gasteiger partial charge in [0.05, 0.1) is 25.4 Å². The Morgan fingerprint density at radius 3 is 2.64 bits per heavy atom. The van der Waals surface area contributed by atoms with E-state index in [1.54, 1.807) is 38.1 Å². The zero-order valence-corrected chi connectivity index (χ0v) is 13.7. The first-order valence-electron chi connectivity index (χ1n) is 7.40. The first kappa shape index (κ1) is 18.0. The molecule has 0 heterocycles. The van der Waals surface area contributed by atoms with Gasteiger partial charge in [0.15, 0.2) is 0 Å². The second kappa shape index (κ2) is 9.04. The number of carbonyl (C=O) groups is 2. The van der Waals surface area contributed by atoms with Crippen molar-refractivity contribution in [3.8, 4) is 5.75 Å². The van der Waals surface area contributed by atoms with Gasteiger partial charge in [-0.15, -0.1) is 0 Å². The fraction of sp³-hybridized carbons (Fsp3) is 0.500. The third-order valence-electron chi connectivity index (χ3n) is 3.37. The van der Waals surface area contributed by atoms with Crippen LogP contribution in [0.5, 0.6) is 5.75 Å². The van der Waals surface area contributed by atoms with E-state index in [9.17, 15) is 9.59 Å². The highest BCUT2D eigenvalue weighted by molar-refractivity contribution is 5.96. The van der Waals surface area contributed by atoms with Gasteiger partial charge in [-0.1, -0.05) is 19.1 Å². The molecule has 2 amide bonds. The molecule has 1 rings (SSSR count). The summed E-state index contributed by atoms with van der Waals surface area (Å²) in [6.07, 6.45) is 0.888. The number of likely N-dealkylation sites (N-methyl/N-ethyl adjacent to an activating group) is 1. The van der Waals surface area contributed by atoms with Crippen LogP contribution in [0.2, 0.25) is 0 Å². The molecule has 1 aromatic rings. The van der Waals surface area contributed by atoms with Crippen LogP contribution >= 0.6 is 0 Å². The normalized spacial score (nSPS) is 11.9. The number of nitrogens with zero attached hydrogens (tertiary/aromatic N) is 1. The molecule has 0 saturated heterocycles. The van der Waals surface area contributed by atoms with Gasteiger partial charge in [0.1, 0.15) is 5.75 Å². The number of rotatable bonds is 8. The highest BCUT2D eigenvalue weighted by Gasteiger charge is 2.20. The number of carbonyl (C=O) groups excluding carboxylic acids is 2. The van der Waals surface area contributed by atoms with Crippen molar-refractivity contribution in [2.75, 3.05) is 32.6 Å². The van der Waals surface area contributed by atoms with Crippen molar-refractivity contribution in [2.45, 2.75) is 26.3 Å². The zero-order valence-electron chi connectivity index (χ0n) is 13.7. The van der Waals surface area contributed by atoms with Crippen molar-refractivity contribution in [3.05, 3.63) is 24.3 Å². The first-order valence-corrected chi connectivity index (χ1v) is 7.40. The van der Waals surface area contributed by atoms with Crippen LogP contribution in [0, 0.1) is 0 Å². The molecule has 0 aliphatic carbocycles. The Hall–Kier alpha value is -2.08. The summed E-state index contributed by atoms with van der Waals surface area (Å²) in [4.78, 5) is 25.7. The molecule has 122 valence electrons. The van der Waals surface area contributed by atoms with Crippen LogP contribution in [0.3, 0.4) is 0 Å². The SMILES string of the molecule is CCCNC(=O)CN(C)[C@@H](C)C(=O)Nc1ccccc1OC. The summed E-state index contributed by atoms with van der Waals surface area (Å²) in [6, 6.07) is 6.78. The standard InChI is InChI=1S/C16H25N3O3/c1-5-10-17-15(20)11-19(3)12(2)16(21)18-13-8-6-7-9-14(13)22-4/h6-9,12H,5,10-11H2,1-4H3,(H,17,20)(H,18,21)/t12-/m0/s1. The lowest BCUT2D eigenvalue weighted by molar-refractivity contribution is -0.124. The topological polar surface area (TPSA) is 70.7 Å². The number of para-hydroxylation sites is 2. The highest BCUT2D eigenvalue weighted by Crippen LogP contribution is 2.23. The van der Waals surface area contributed by atoms with Crippen LogP contribution < -0.4 is 15.4 Å². The van der Waals surface area contributed by atoms with E-state index in [4.69, 9.17) is 4.74 Å². The Morgan fingerprint density at radius 2 is 2.00 bits per heavy atom. The second-order valence-electron chi connectivity index (χ2n) is 5.13. The van der Waals surface area contributed by atoms with Gasteiger partial charge in [0.2, 0.25) is 11.8 Å². The lowest BCUT2D eigenvalue weighted by atomic mass is 10.2. The lowest BCUT2D eigenvalue weighted by Gasteiger charge is -2.23. The van der Waals surface area contributed by atoms with Crippen LogP contribution in [0.4, 0.5) is 5.69 Å². The smallest absolute Gasteiger partial charge is 0.241 e. The van der Waals surface area contributed by atoms with Crippen molar-refractivity contribution in [2.24, 2.45) is 0 Å². The van der Waals surface area contributed by atoms with Gasteiger partial charge >= 0.3 is 0 Å². The Bertz CT molecular complexity index is 505. The first-order chi connectivity index (χ1) is 10.5. The maximum absolute atomic E-state index is 12.3. The molecule has 0 spiro atoms. The van der Waals surface area contributed by atoms with Gasteiger partial charge in [0.25, 0.3) is 0 Å². The largest absolute Gasteiger partial charge is 0.495 e. The molecule has 0 saturated carbocycles. The van der Waals surface area contributed by atoms with Crippen molar-refractivity contribution in [1.29, 1.82) is 0 Å². The van der Waals surface area contributed by atoms with Crippen molar-refractivity contribution < 1.29 is 14.3 Å². The number of anilines is 1. The van der Waals surface area contributed by atoms with E-state index in [0.717, 1.165) is 6.42 Å². The molecule has 0 aliphatic rings.